The number of rotatable bonds is 10. The molecule has 1 fully saturated rings. The summed E-state index contributed by atoms with van der Waals surface area (Å²) in [6.45, 7) is 5.83. The van der Waals surface area contributed by atoms with Crippen LogP contribution in [0.3, 0.4) is 0 Å². The molecule has 0 radical (unpaired) electrons. The Morgan fingerprint density at radius 1 is 1.31 bits per heavy atom. The highest BCUT2D eigenvalue weighted by molar-refractivity contribution is 7.52. The highest BCUT2D eigenvalue weighted by atomic mass is 35.5. The van der Waals surface area contributed by atoms with Crippen LogP contribution in [0.1, 0.15) is 33.9 Å². The van der Waals surface area contributed by atoms with Crippen LogP contribution in [0, 0.1) is 5.82 Å². The lowest BCUT2D eigenvalue weighted by Gasteiger charge is -2.26. The van der Waals surface area contributed by atoms with Crippen molar-refractivity contribution in [2.45, 2.75) is 63.2 Å². The zero-order chi connectivity index (χ0) is 28.5. The summed E-state index contributed by atoms with van der Waals surface area (Å²) in [7, 11) is -4.24. The minimum absolute atomic E-state index is 0.0309. The normalized spacial score (nSPS) is 25.5. The Labute approximate surface area is 234 Å². The summed E-state index contributed by atoms with van der Waals surface area (Å²) in [6.07, 6.45) is -1.76. The number of nitrogens with zero attached hydrogens (tertiary/aromatic N) is 3. The second kappa shape index (κ2) is 11.7. The Hall–Kier alpha value is -2.31. The summed E-state index contributed by atoms with van der Waals surface area (Å²) in [5.41, 5.74) is 0.107. The minimum atomic E-state index is -4.24. The molecule has 1 aliphatic rings. The molecule has 0 amide bonds. The van der Waals surface area contributed by atoms with E-state index in [1.807, 2.05) is 0 Å². The number of esters is 1. The molecule has 1 aromatic carbocycles. The van der Waals surface area contributed by atoms with Gasteiger partial charge in [0.05, 0.1) is 18.1 Å². The number of alkyl halides is 1. The van der Waals surface area contributed by atoms with E-state index in [1.54, 1.807) is 44.2 Å². The van der Waals surface area contributed by atoms with Crippen LogP contribution in [0.5, 0.6) is 5.75 Å². The first-order valence-electron chi connectivity index (χ1n) is 12.0. The molecule has 212 valence electrons. The van der Waals surface area contributed by atoms with E-state index < -0.39 is 61.6 Å². The molecule has 0 saturated carbocycles. The van der Waals surface area contributed by atoms with Crippen molar-refractivity contribution in [1.82, 2.24) is 19.6 Å². The molecule has 2 N–H and O–H groups in total. The van der Waals surface area contributed by atoms with Gasteiger partial charge < -0.3 is 23.7 Å². The molecule has 1 saturated heterocycles. The number of halogens is 3. The van der Waals surface area contributed by atoms with Gasteiger partial charge >= 0.3 is 13.7 Å². The molecule has 2 aromatic heterocycles. The number of ether oxygens (including phenoxy) is 2. The van der Waals surface area contributed by atoms with Gasteiger partial charge in [0, 0.05) is 6.20 Å². The third-order valence-electron chi connectivity index (χ3n) is 5.92. The summed E-state index contributed by atoms with van der Waals surface area (Å²) in [5, 5.41) is 13.4. The van der Waals surface area contributed by atoms with Gasteiger partial charge in [0.1, 0.15) is 46.0 Å². The van der Waals surface area contributed by atoms with Crippen LogP contribution < -0.4 is 9.61 Å². The third kappa shape index (κ3) is 6.38. The fraction of sp³-hybridized carbons (Fsp3) is 0.458. The number of hydrogen-bond acceptors (Lipinski definition) is 9. The van der Waals surface area contributed by atoms with Crippen LogP contribution in [0.15, 0.2) is 42.9 Å². The van der Waals surface area contributed by atoms with Crippen LogP contribution in [-0.2, 0) is 23.4 Å². The van der Waals surface area contributed by atoms with Gasteiger partial charge in [0.2, 0.25) is 0 Å². The van der Waals surface area contributed by atoms with E-state index in [2.05, 4.69) is 15.1 Å². The summed E-state index contributed by atoms with van der Waals surface area (Å²) in [5.74, 6) is -1.16. The second-order valence-electron chi connectivity index (χ2n) is 9.40. The van der Waals surface area contributed by atoms with Gasteiger partial charge in [-0.1, -0.05) is 29.8 Å². The first kappa shape index (κ1) is 29.7. The predicted molar refractivity (Wildman–Crippen MR) is 141 cm³/mol. The Kier molecular flexibility index (Phi) is 8.87. The molecule has 3 aromatic rings. The van der Waals surface area contributed by atoms with E-state index in [1.165, 1.54) is 18.4 Å². The fourth-order valence-electron chi connectivity index (χ4n) is 4.04. The molecule has 0 aliphatic carbocycles. The van der Waals surface area contributed by atoms with Crippen molar-refractivity contribution in [3.8, 4) is 5.75 Å². The molecule has 6 unspecified atom stereocenters. The highest BCUT2D eigenvalue weighted by Crippen LogP contribution is 2.49. The van der Waals surface area contributed by atoms with Crippen molar-refractivity contribution in [2.24, 2.45) is 0 Å². The van der Waals surface area contributed by atoms with Crippen molar-refractivity contribution in [3.05, 3.63) is 53.8 Å². The molecular formula is C24H28Cl2FN4O7P. The topological polar surface area (TPSA) is 134 Å². The number of hydrogen-bond donors (Lipinski definition) is 2. The van der Waals surface area contributed by atoms with Crippen molar-refractivity contribution in [3.63, 3.8) is 0 Å². The van der Waals surface area contributed by atoms with Crippen LogP contribution in [0.4, 0.5) is 4.39 Å². The number of aliphatic hydroxyl groups is 1. The minimum Gasteiger partial charge on any atom is -0.462 e. The Balaban J connectivity index is 1.56. The lowest BCUT2D eigenvalue weighted by Crippen LogP contribution is -2.40. The second-order valence-corrected chi connectivity index (χ2v) is 12.3. The van der Waals surface area contributed by atoms with Crippen molar-refractivity contribution >= 4 is 48.0 Å². The molecule has 0 bridgehead atoms. The monoisotopic (exact) mass is 604 g/mol. The standard InChI is InChI=1S/C24H28Cl2FN4O7P/c1-13(2)36-22(33)14(3)30-39(34,38-15-8-6-5-7-9-15)35-11-17-19(32)24(4,26)23(37-17)31-10-16(27)18-20(25)28-12-29-21(18)31/h5-10,12-14,17,19,23,32H,11H2,1-4H3,(H,30,34). The zero-order valence-corrected chi connectivity index (χ0v) is 23.9. The van der Waals surface area contributed by atoms with Gasteiger partial charge in [-0.05, 0) is 39.8 Å². The van der Waals surface area contributed by atoms with Crippen molar-refractivity contribution in [1.29, 1.82) is 0 Å². The summed E-state index contributed by atoms with van der Waals surface area (Å²) in [4.78, 5) is 18.7. The van der Waals surface area contributed by atoms with E-state index in [-0.39, 0.29) is 21.9 Å². The summed E-state index contributed by atoms with van der Waals surface area (Å²) < 4.78 is 52.1. The molecule has 4 rings (SSSR count). The maximum absolute atomic E-state index is 14.7. The number of aromatic nitrogens is 3. The Morgan fingerprint density at radius 3 is 2.67 bits per heavy atom. The average molecular weight is 605 g/mol. The van der Waals surface area contributed by atoms with E-state index in [9.17, 15) is 18.9 Å². The quantitative estimate of drug-likeness (QED) is 0.146. The van der Waals surface area contributed by atoms with Crippen LogP contribution in [0.25, 0.3) is 11.0 Å². The third-order valence-corrected chi connectivity index (χ3v) is 8.26. The number of aliphatic hydroxyl groups excluding tert-OH is 1. The SMILES string of the molecule is CC(C)OC(=O)C(C)NP(=O)(OCC1OC(n2cc(F)c3c(Cl)ncnc32)C(C)(Cl)C1O)Oc1ccccc1. The number of para-hydroxylation sites is 1. The molecule has 39 heavy (non-hydrogen) atoms. The summed E-state index contributed by atoms with van der Waals surface area (Å²) >= 11 is 12.7. The van der Waals surface area contributed by atoms with Crippen LogP contribution in [0.2, 0.25) is 5.15 Å². The van der Waals surface area contributed by atoms with Crippen LogP contribution >= 0.6 is 30.9 Å². The fourth-order valence-corrected chi connectivity index (χ4v) is 6.06. The van der Waals surface area contributed by atoms with Gasteiger partial charge in [-0.15, -0.1) is 11.6 Å². The van der Waals surface area contributed by atoms with E-state index in [4.69, 9.17) is 41.7 Å². The largest absolute Gasteiger partial charge is 0.462 e. The number of carbonyl (C=O) groups excluding carboxylic acids is 1. The van der Waals surface area contributed by atoms with Crippen molar-refractivity contribution < 1.29 is 37.4 Å². The first-order chi connectivity index (χ1) is 18.3. The van der Waals surface area contributed by atoms with Gasteiger partial charge in [0.15, 0.2) is 12.0 Å². The molecular weight excluding hydrogens is 577 g/mol. The zero-order valence-electron chi connectivity index (χ0n) is 21.5. The van der Waals surface area contributed by atoms with Gasteiger partial charge in [0.25, 0.3) is 0 Å². The van der Waals surface area contributed by atoms with Gasteiger partial charge in [-0.3, -0.25) is 9.32 Å². The van der Waals surface area contributed by atoms with Gasteiger partial charge in [-0.25, -0.2) is 18.9 Å². The Morgan fingerprint density at radius 2 is 2.00 bits per heavy atom. The molecule has 3 heterocycles. The number of nitrogens with one attached hydrogen (secondary N) is 1. The smallest absolute Gasteiger partial charge is 0.459 e. The van der Waals surface area contributed by atoms with E-state index in [0.717, 1.165) is 12.5 Å². The molecule has 11 nitrogen and oxygen atoms in total. The predicted octanol–water partition coefficient (Wildman–Crippen LogP) is 4.61. The number of fused-ring (bicyclic) bond motifs is 1. The lowest BCUT2D eigenvalue weighted by molar-refractivity contribution is -0.149. The van der Waals surface area contributed by atoms with Crippen LogP contribution in [-0.4, -0.2) is 61.4 Å². The Bertz CT molecular complexity index is 1380. The number of carbonyl (C=O) groups is 1. The van der Waals surface area contributed by atoms with Crippen molar-refractivity contribution in [2.75, 3.05) is 6.61 Å². The lowest BCUT2D eigenvalue weighted by atomic mass is 10.0. The number of benzene rings is 1. The maximum Gasteiger partial charge on any atom is 0.459 e. The van der Waals surface area contributed by atoms with E-state index >= 15 is 0 Å². The first-order valence-corrected chi connectivity index (χ1v) is 14.3. The molecule has 6 atom stereocenters. The molecule has 0 spiro atoms. The highest BCUT2D eigenvalue weighted by Gasteiger charge is 2.54. The van der Waals surface area contributed by atoms with Gasteiger partial charge in [-0.2, -0.15) is 5.09 Å². The average Bonchev–Trinajstić information content (AvgIpc) is 3.31. The van der Waals surface area contributed by atoms with E-state index in [0.29, 0.717) is 0 Å². The maximum atomic E-state index is 14.7. The molecule has 1 aliphatic heterocycles. The summed E-state index contributed by atoms with van der Waals surface area (Å²) in [6, 6.07) is 7.12. The molecule has 15 heteroatoms.